The average Bonchev–Trinajstić information content (AvgIpc) is 2.73. The Morgan fingerprint density at radius 2 is 0.805 bits per heavy atom. The lowest BCUT2D eigenvalue weighted by Gasteiger charge is -2.33. The van der Waals surface area contributed by atoms with Gasteiger partial charge >= 0.3 is 47.9 Å². The van der Waals surface area contributed by atoms with Gasteiger partial charge in [-0.15, -0.1) is 0 Å². The summed E-state index contributed by atoms with van der Waals surface area (Å²) in [5.41, 5.74) is 0. The Morgan fingerprint density at radius 3 is 1.10 bits per heavy atom. The number of halogens is 18. The summed E-state index contributed by atoms with van der Waals surface area (Å²) in [5, 5.41) is 0. The van der Waals surface area contributed by atoms with Crippen molar-refractivity contribution in [3.63, 3.8) is 0 Å². The summed E-state index contributed by atoms with van der Waals surface area (Å²) in [6.45, 7) is -1.27. The maximum Gasteiger partial charge on any atom is 0.460 e. The summed E-state index contributed by atoms with van der Waals surface area (Å²) in [6.07, 6.45) is -22.6. The molecule has 1 atom stereocenters. The van der Waals surface area contributed by atoms with Gasteiger partial charge in [0.25, 0.3) is 20.2 Å². The summed E-state index contributed by atoms with van der Waals surface area (Å²) in [5.74, 6) is -46.7. The molecule has 0 aromatic rings. The van der Waals surface area contributed by atoms with E-state index in [1.165, 1.54) is 0 Å². The van der Waals surface area contributed by atoms with Gasteiger partial charge in [-0.25, -0.2) is 0 Å². The minimum absolute atomic E-state index is 0.435. The third-order valence-electron chi connectivity index (χ3n) is 4.54. The molecule has 0 amide bonds. The van der Waals surface area contributed by atoms with Crippen molar-refractivity contribution in [1.29, 1.82) is 0 Å². The largest absolute Gasteiger partial charge is 0.460 e. The van der Waals surface area contributed by atoms with Crippen molar-refractivity contribution in [1.82, 2.24) is 0 Å². The van der Waals surface area contributed by atoms with Crippen molar-refractivity contribution in [3.05, 3.63) is 0 Å². The van der Waals surface area contributed by atoms with Crippen molar-refractivity contribution in [2.75, 3.05) is 18.1 Å². The second kappa shape index (κ2) is 11.6. The van der Waals surface area contributed by atoms with Crippen LogP contribution in [0.5, 0.6) is 0 Å². The lowest BCUT2D eigenvalue weighted by Crippen LogP contribution is -2.61. The van der Waals surface area contributed by atoms with Gasteiger partial charge in [0.15, 0.2) is 0 Å². The van der Waals surface area contributed by atoms with Gasteiger partial charge in [0.1, 0.15) is 0 Å². The fourth-order valence-electron chi connectivity index (χ4n) is 2.22. The number of alkyl halides is 18. The highest BCUT2D eigenvalue weighted by Gasteiger charge is 2.82. The lowest BCUT2D eigenvalue weighted by atomic mass is 10.0. The van der Waals surface area contributed by atoms with Crippen molar-refractivity contribution in [2.24, 2.45) is 0 Å². The maximum absolute atomic E-state index is 13.4. The minimum atomic E-state index is -7.35. The predicted molar refractivity (Wildman–Crippen MR) is 95.1 cm³/mol. The summed E-state index contributed by atoms with van der Waals surface area (Å²) < 4.78 is 283. The van der Waals surface area contributed by atoms with E-state index < -0.39 is 105 Å². The molecule has 0 aliphatic heterocycles. The van der Waals surface area contributed by atoms with Gasteiger partial charge in [0.05, 0.1) is 24.2 Å². The minimum Gasteiger partial charge on any atom is -0.267 e. The second-order valence-electron chi connectivity index (χ2n) is 7.92. The van der Waals surface area contributed by atoms with Gasteiger partial charge in [-0.1, -0.05) is 0 Å². The van der Waals surface area contributed by atoms with E-state index in [0.717, 1.165) is 0 Å². The van der Waals surface area contributed by atoms with Crippen LogP contribution < -0.4 is 0 Å². The molecule has 6 nitrogen and oxygen atoms in total. The first-order valence-electron chi connectivity index (χ1n) is 9.70. The highest BCUT2D eigenvalue weighted by Crippen LogP contribution is 2.55. The Hall–Kier alpha value is -1.44. The third-order valence-corrected chi connectivity index (χ3v) is 7.07. The molecule has 0 fully saturated rings. The fourth-order valence-corrected chi connectivity index (χ4v) is 4.40. The van der Waals surface area contributed by atoms with Crippen LogP contribution in [0.15, 0.2) is 0 Å². The Kier molecular flexibility index (Phi) is 11.2. The SMILES string of the molecule is CC(COS(=O)(=O)CCC(F)(F)C(F)(F)C(F)(F)C(F)(F)F)OS(=O)(=O)CCC(F)(F)C(F)(F)C(F)(F)C(F)(F)F. The quantitative estimate of drug-likeness (QED) is 0.159. The van der Waals surface area contributed by atoms with Crippen molar-refractivity contribution in [2.45, 2.75) is 73.8 Å². The van der Waals surface area contributed by atoms with Crippen molar-refractivity contribution < 1.29 is 104 Å². The van der Waals surface area contributed by atoms with E-state index in [-0.39, 0.29) is 0 Å². The molecule has 26 heteroatoms. The van der Waals surface area contributed by atoms with Crippen LogP contribution in [0.1, 0.15) is 19.8 Å². The number of hydrogen-bond donors (Lipinski definition) is 0. The molecule has 0 spiro atoms. The van der Waals surface area contributed by atoms with Crippen LogP contribution in [0.2, 0.25) is 0 Å². The molecule has 0 N–H and O–H groups in total. The van der Waals surface area contributed by atoms with E-state index in [4.69, 9.17) is 0 Å². The molecule has 248 valence electrons. The Bertz CT molecular complexity index is 1110. The van der Waals surface area contributed by atoms with Crippen molar-refractivity contribution in [3.8, 4) is 0 Å². The van der Waals surface area contributed by atoms with Crippen LogP contribution in [0.4, 0.5) is 79.0 Å². The molecular formula is C15H14F18O6S2. The van der Waals surface area contributed by atoms with Crippen LogP contribution in [0.3, 0.4) is 0 Å². The number of hydrogen-bond acceptors (Lipinski definition) is 6. The smallest absolute Gasteiger partial charge is 0.267 e. The molecule has 0 aromatic carbocycles. The molecule has 0 saturated carbocycles. The highest BCUT2D eigenvalue weighted by atomic mass is 32.2. The second-order valence-corrected chi connectivity index (χ2v) is 11.4. The standard InChI is InChI=1S/C15H14F18O6S2/c1-7(39-41(36,37)5-3-9(18,19)11(22,23)13(26,27)15(31,32)33)6-38-40(34,35)4-2-8(16,17)10(20,21)12(24,25)14(28,29)30/h7H,2-6H2,1H3. The molecule has 1 unspecified atom stereocenters. The summed E-state index contributed by atoms with van der Waals surface area (Å²) in [7, 11) is -11.2. The third kappa shape index (κ3) is 8.57. The molecule has 0 aliphatic rings. The van der Waals surface area contributed by atoms with Gasteiger partial charge in [-0.2, -0.15) is 95.9 Å². The van der Waals surface area contributed by atoms with E-state index in [2.05, 4.69) is 8.37 Å². The summed E-state index contributed by atoms with van der Waals surface area (Å²) in [4.78, 5) is 0. The molecule has 0 bridgehead atoms. The van der Waals surface area contributed by atoms with Crippen LogP contribution in [0.25, 0.3) is 0 Å². The van der Waals surface area contributed by atoms with Gasteiger partial charge < -0.3 is 0 Å². The Balaban J connectivity index is 5.31. The first kappa shape index (κ1) is 39.6. The lowest BCUT2D eigenvalue weighted by molar-refractivity contribution is -0.396. The molecule has 0 heterocycles. The first-order valence-corrected chi connectivity index (χ1v) is 12.9. The molecule has 0 aliphatic carbocycles. The highest BCUT2D eigenvalue weighted by molar-refractivity contribution is 7.87. The van der Waals surface area contributed by atoms with E-state index >= 15 is 0 Å². The number of rotatable bonds is 15. The van der Waals surface area contributed by atoms with Crippen LogP contribution in [0, 0.1) is 0 Å². The molecule has 0 radical (unpaired) electrons. The van der Waals surface area contributed by atoms with Gasteiger partial charge in [0, 0.05) is 12.8 Å². The zero-order valence-corrected chi connectivity index (χ0v) is 20.8. The first-order chi connectivity index (χ1) is 17.5. The normalized spacial score (nSPS) is 16.7. The zero-order chi connectivity index (χ0) is 33.5. The molecule has 0 saturated heterocycles. The molecular weight excluding hydrogens is 682 g/mol. The van der Waals surface area contributed by atoms with Gasteiger partial charge in [0.2, 0.25) is 0 Å². The van der Waals surface area contributed by atoms with Crippen molar-refractivity contribution >= 4 is 20.2 Å². The van der Waals surface area contributed by atoms with E-state index in [9.17, 15) is 95.9 Å². The van der Waals surface area contributed by atoms with Crippen LogP contribution >= 0.6 is 0 Å². The van der Waals surface area contributed by atoms with E-state index in [0.29, 0.717) is 6.92 Å². The predicted octanol–water partition coefficient (Wildman–Crippen LogP) is 5.78. The zero-order valence-electron chi connectivity index (χ0n) is 19.2. The van der Waals surface area contributed by atoms with E-state index in [1.807, 2.05) is 0 Å². The Morgan fingerprint density at radius 1 is 0.512 bits per heavy atom. The van der Waals surface area contributed by atoms with Crippen LogP contribution in [-0.4, -0.2) is 88.9 Å². The van der Waals surface area contributed by atoms with Crippen LogP contribution in [-0.2, 0) is 28.6 Å². The Labute approximate surface area is 217 Å². The summed E-state index contributed by atoms with van der Waals surface area (Å²) >= 11 is 0. The fraction of sp³-hybridized carbons (Fsp3) is 1.00. The molecule has 0 aromatic heterocycles. The van der Waals surface area contributed by atoms with Gasteiger partial charge in [-0.3, -0.25) is 8.37 Å². The van der Waals surface area contributed by atoms with Gasteiger partial charge in [-0.05, 0) is 6.92 Å². The molecule has 0 rings (SSSR count). The molecule has 41 heavy (non-hydrogen) atoms. The average molecular weight is 696 g/mol. The monoisotopic (exact) mass is 696 g/mol. The topological polar surface area (TPSA) is 86.7 Å². The summed E-state index contributed by atoms with van der Waals surface area (Å²) in [6, 6.07) is 0. The maximum atomic E-state index is 13.4. The van der Waals surface area contributed by atoms with E-state index in [1.54, 1.807) is 0 Å².